The van der Waals surface area contributed by atoms with Crippen LogP contribution in [0.4, 0.5) is 0 Å². The smallest absolute Gasteiger partial charge is 0.0795 e. The summed E-state index contributed by atoms with van der Waals surface area (Å²) in [7, 11) is 0. The summed E-state index contributed by atoms with van der Waals surface area (Å²) >= 11 is 0. The highest BCUT2D eigenvalue weighted by Gasteiger charge is 2.10. The summed E-state index contributed by atoms with van der Waals surface area (Å²) in [6.45, 7) is 2.01. The molecule has 2 unspecified atom stereocenters. The monoisotopic (exact) mass is 330 g/mol. The second kappa shape index (κ2) is 18.2. The molecule has 0 aliphatic rings. The lowest BCUT2D eigenvalue weighted by atomic mass is 10.0. The van der Waals surface area contributed by atoms with Crippen molar-refractivity contribution >= 4 is 0 Å². The Balaban J connectivity index is 3.10. The average Bonchev–Trinajstić information content (AvgIpc) is 2.55. The minimum atomic E-state index is -0.767. The number of aliphatic hydroxyl groups excluding tert-OH is 3. The fraction of sp³-hybridized carbons (Fsp3) is 1.00. The highest BCUT2D eigenvalue weighted by atomic mass is 16.3. The van der Waals surface area contributed by atoms with Crippen LogP contribution in [0.2, 0.25) is 0 Å². The van der Waals surface area contributed by atoms with Gasteiger partial charge in [0.15, 0.2) is 0 Å². The minimum Gasteiger partial charge on any atom is -0.394 e. The van der Waals surface area contributed by atoms with Gasteiger partial charge in [-0.2, -0.15) is 0 Å². The van der Waals surface area contributed by atoms with Crippen LogP contribution in [0, 0.1) is 0 Å². The molecule has 0 aliphatic heterocycles. The van der Waals surface area contributed by atoms with Crippen LogP contribution in [-0.4, -0.2) is 34.1 Å². The fourth-order valence-corrected chi connectivity index (χ4v) is 3.08. The fourth-order valence-electron chi connectivity index (χ4n) is 3.08. The van der Waals surface area contributed by atoms with E-state index in [4.69, 9.17) is 5.11 Å². The quantitative estimate of drug-likeness (QED) is 0.311. The molecule has 3 N–H and O–H groups in total. The largest absolute Gasteiger partial charge is 0.394 e. The summed E-state index contributed by atoms with van der Waals surface area (Å²) < 4.78 is 0. The van der Waals surface area contributed by atoms with Crippen LogP contribution in [0.5, 0.6) is 0 Å². The molecule has 23 heavy (non-hydrogen) atoms. The van der Waals surface area contributed by atoms with Gasteiger partial charge in [-0.15, -0.1) is 0 Å². The predicted octanol–water partition coefficient (Wildman–Crippen LogP) is 4.96. The van der Waals surface area contributed by atoms with Gasteiger partial charge in [-0.3, -0.25) is 0 Å². The topological polar surface area (TPSA) is 60.7 Å². The summed E-state index contributed by atoms with van der Waals surface area (Å²) in [5, 5.41) is 27.6. The number of aliphatic hydroxyl groups is 3. The maximum atomic E-state index is 9.67. The maximum absolute atomic E-state index is 9.67. The van der Waals surface area contributed by atoms with Gasteiger partial charge < -0.3 is 15.3 Å². The summed E-state index contributed by atoms with van der Waals surface area (Å²) in [5.41, 5.74) is 0. The molecule has 0 radical (unpaired) electrons. The Kier molecular flexibility index (Phi) is 18.1. The van der Waals surface area contributed by atoms with Gasteiger partial charge in [-0.1, -0.05) is 96.8 Å². The van der Waals surface area contributed by atoms with Crippen LogP contribution in [0.1, 0.15) is 110 Å². The summed E-state index contributed by atoms with van der Waals surface area (Å²) in [4.78, 5) is 0. The molecule has 0 heterocycles. The number of unbranched alkanes of at least 4 members (excludes halogenated alkanes) is 13. The SMILES string of the molecule is CCCCCCCCCCCCCCCCC(O)CC(O)CO. The van der Waals surface area contributed by atoms with E-state index in [2.05, 4.69) is 6.92 Å². The molecule has 0 aromatic heterocycles. The van der Waals surface area contributed by atoms with Crippen LogP contribution in [0.25, 0.3) is 0 Å². The number of rotatable bonds is 18. The van der Waals surface area contributed by atoms with E-state index in [0.29, 0.717) is 6.42 Å². The molecule has 3 heteroatoms. The third kappa shape index (κ3) is 18.1. The van der Waals surface area contributed by atoms with Crippen LogP contribution in [0.3, 0.4) is 0 Å². The van der Waals surface area contributed by atoms with Gasteiger partial charge in [0, 0.05) is 6.42 Å². The number of hydrogen-bond donors (Lipinski definition) is 3. The van der Waals surface area contributed by atoms with E-state index >= 15 is 0 Å². The Morgan fingerprint density at radius 1 is 0.565 bits per heavy atom. The first-order valence-corrected chi connectivity index (χ1v) is 10.2. The molecule has 2 atom stereocenters. The molecule has 0 bridgehead atoms. The molecule has 0 aliphatic carbocycles. The minimum absolute atomic E-state index is 0.254. The lowest BCUT2D eigenvalue weighted by Gasteiger charge is -2.13. The van der Waals surface area contributed by atoms with Gasteiger partial charge in [-0.25, -0.2) is 0 Å². The highest BCUT2D eigenvalue weighted by Crippen LogP contribution is 2.14. The van der Waals surface area contributed by atoms with Gasteiger partial charge in [0.1, 0.15) is 0 Å². The molecule has 0 saturated carbocycles. The van der Waals surface area contributed by atoms with Gasteiger partial charge in [0.05, 0.1) is 18.8 Å². The predicted molar refractivity (Wildman–Crippen MR) is 98.6 cm³/mol. The molecule has 0 saturated heterocycles. The van der Waals surface area contributed by atoms with Crippen molar-refractivity contribution in [2.75, 3.05) is 6.61 Å². The Labute approximate surface area is 144 Å². The Morgan fingerprint density at radius 3 is 1.35 bits per heavy atom. The van der Waals surface area contributed by atoms with Crippen molar-refractivity contribution in [1.82, 2.24) is 0 Å². The Bertz CT molecular complexity index is 221. The van der Waals surface area contributed by atoms with E-state index in [1.807, 2.05) is 0 Å². The Hall–Kier alpha value is -0.120. The van der Waals surface area contributed by atoms with Crippen molar-refractivity contribution in [3.05, 3.63) is 0 Å². The van der Waals surface area contributed by atoms with Gasteiger partial charge in [0.25, 0.3) is 0 Å². The zero-order valence-corrected chi connectivity index (χ0v) is 15.5. The molecule has 0 rings (SSSR count). The van der Waals surface area contributed by atoms with Crippen LogP contribution >= 0.6 is 0 Å². The average molecular weight is 331 g/mol. The highest BCUT2D eigenvalue weighted by molar-refractivity contribution is 4.62. The van der Waals surface area contributed by atoms with Crippen molar-refractivity contribution in [2.45, 2.75) is 122 Å². The van der Waals surface area contributed by atoms with Crippen molar-refractivity contribution in [1.29, 1.82) is 0 Å². The second-order valence-electron chi connectivity index (χ2n) is 7.11. The maximum Gasteiger partial charge on any atom is 0.0795 e. The standard InChI is InChI=1S/C20H42O3/c1-2-3-4-5-6-7-8-9-10-11-12-13-14-15-16-19(22)17-20(23)18-21/h19-23H,2-18H2,1H3. The number of hydrogen-bond acceptors (Lipinski definition) is 3. The molecule has 0 aromatic rings. The summed E-state index contributed by atoms with van der Waals surface area (Å²) in [6.07, 6.45) is 18.5. The molecule has 3 nitrogen and oxygen atoms in total. The first-order valence-electron chi connectivity index (χ1n) is 10.2. The summed E-state index contributed by atoms with van der Waals surface area (Å²) in [6, 6.07) is 0. The first-order chi connectivity index (χ1) is 11.2. The van der Waals surface area contributed by atoms with E-state index in [9.17, 15) is 10.2 Å². The third-order valence-electron chi connectivity index (χ3n) is 4.65. The molecule has 140 valence electrons. The normalized spacial score (nSPS) is 14.1. The van der Waals surface area contributed by atoms with E-state index < -0.39 is 12.2 Å². The zero-order chi connectivity index (χ0) is 17.2. The lowest BCUT2D eigenvalue weighted by molar-refractivity contribution is 0.0380. The molecule has 0 fully saturated rings. The second-order valence-corrected chi connectivity index (χ2v) is 7.11. The van der Waals surface area contributed by atoms with Gasteiger partial charge >= 0.3 is 0 Å². The molecule has 0 spiro atoms. The summed E-state index contributed by atoms with van der Waals surface area (Å²) in [5.74, 6) is 0. The van der Waals surface area contributed by atoms with Crippen molar-refractivity contribution in [3.8, 4) is 0 Å². The van der Waals surface area contributed by atoms with Gasteiger partial charge in [0.2, 0.25) is 0 Å². The molecular weight excluding hydrogens is 288 g/mol. The van der Waals surface area contributed by atoms with Crippen molar-refractivity contribution in [2.24, 2.45) is 0 Å². The van der Waals surface area contributed by atoms with Crippen LogP contribution < -0.4 is 0 Å². The van der Waals surface area contributed by atoms with E-state index in [-0.39, 0.29) is 6.61 Å². The van der Waals surface area contributed by atoms with E-state index in [0.717, 1.165) is 12.8 Å². The van der Waals surface area contributed by atoms with Crippen molar-refractivity contribution in [3.63, 3.8) is 0 Å². The van der Waals surface area contributed by atoms with Gasteiger partial charge in [-0.05, 0) is 6.42 Å². The third-order valence-corrected chi connectivity index (χ3v) is 4.65. The van der Waals surface area contributed by atoms with E-state index in [1.165, 1.54) is 83.5 Å². The van der Waals surface area contributed by atoms with E-state index in [1.54, 1.807) is 0 Å². The zero-order valence-electron chi connectivity index (χ0n) is 15.5. The van der Waals surface area contributed by atoms with Crippen LogP contribution in [0.15, 0.2) is 0 Å². The van der Waals surface area contributed by atoms with Crippen LogP contribution in [-0.2, 0) is 0 Å². The lowest BCUT2D eigenvalue weighted by Crippen LogP contribution is -2.20. The first kappa shape index (κ1) is 22.9. The molecule has 0 aromatic carbocycles. The van der Waals surface area contributed by atoms with Crippen molar-refractivity contribution < 1.29 is 15.3 Å². The molecular formula is C20H42O3. The molecule has 0 amide bonds. The Morgan fingerprint density at radius 2 is 0.957 bits per heavy atom.